The van der Waals surface area contributed by atoms with E-state index in [4.69, 9.17) is 23.8 Å². The van der Waals surface area contributed by atoms with Gasteiger partial charge in [0.2, 0.25) is 5.91 Å². The Morgan fingerprint density at radius 2 is 1.78 bits per heavy atom. The van der Waals surface area contributed by atoms with Crippen LogP contribution in [0.4, 0.5) is 5.69 Å². The molecule has 0 bridgehead atoms. The summed E-state index contributed by atoms with van der Waals surface area (Å²) < 4.78 is 0. The molecular weight excluding hydrogens is 382 g/mol. The topological polar surface area (TPSA) is 71.8 Å². The van der Waals surface area contributed by atoms with Crippen LogP contribution in [0, 0.1) is 5.92 Å². The van der Waals surface area contributed by atoms with Crippen LogP contribution in [0.3, 0.4) is 0 Å². The van der Waals surface area contributed by atoms with E-state index in [9.17, 15) is 4.79 Å². The zero-order valence-corrected chi connectivity index (χ0v) is 16.1. The van der Waals surface area contributed by atoms with Crippen LogP contribution in [0.1, 0.15) is 25.7 Å². The second-order valence-electron chi connectivity index (χ2n) is 6.59. The first-order valence-electron chi connectivity index (χ1n) is 8.83. The molecule has 1 aliphatic rings. The Kier molecular flexibility index (Phi) is 5.05. The van der Waals surface area contributed by atoms with E-state index in [0.717, 1.165) is 48.1 Å². The number of thiocarbonyl (C=S) groups is 1. The molecule has 4 rings (SSSR count). The number of carbonyl (C=O) groups is 1. The van der Waals surface area contributed by atoms with Gasteiger partial charge >= 0.3 is 0 Å². The number of nitrogens with one attached hydrogen (secondary N) is 2. The van der Waals surface area contributed by atoms with Crippen LogP contribution < -0.4 is 10.6 Å². The van der Waals surface area contributed by atoms with Gasteiger partial charge in [0, 0.05) is 16.6 Å². The van der Waals surface area contributed by atoms with Gasteiger partial charge in [-0.2, -0.15) is 4.80 Å². The van der Waals surface area contributed by atoms with E-state index in [0.29, 0.717) is 10.1 Å². The maximum atomic E-state index is 12.2. The molecule has 0 radical (unpaired) electrons. The normalized spacial score (nSPS) is 14.4. The molecule has 138 valence electrons. The number of anilines is 1. The molecule has 0 spiro atoms. The molecule has 2 N–H and O–H groups in total. The third-order valence-corrected chi connectivity index (χ3v) is 5.11. The number of halogens is 1. The van der Waals surface area contributed by atoms with Gasteiger partial charge in [-0.05, 0) is 67.5 Å². The van der Waals surface area contributed by atoms with E-state index in [1.54, 1.807) is 16.9 Å². The summed E-state index contributed by atoms with van der Waals surface area (Å²) in [6.07, 6.45) is 4.10. The second kappa shape index (κ2) is 7.62. The number of fused-ring (bicyclic) bond motifs is 1. The lowest BCUT2D eigenvalue weighted by atomic mass is 10.1. The minimum Gasteiger partial charge on any atom is -0.332 e. The SMILES string of the molecule is O=C(NC(=S)Nc1ccc2nn(-c3ccc(Cl)cc3)nc2c1)C1CCCC1. The summed E-state index contributed by atoms with van der Waals surface area (Å²) >= 11 is 11.2. The zero-order chi connectivity index (χ0) is 18.8. The summed E-state index contributed by atoms with van der Waals surface area (Å²) in [6.45, 7) is 0. The van der Waals surface area contributed by atoms with Crippen molar-refractivity contribution in [2.45, 2.75) is 25.7 Å². The van der Waals surface area contributed by atoms with Crippen LogP contribution in [0.5, 0.6) is 0 Å². The second-order valence-corrected chi connectivity index (χ2v) is 7.44. The summed E-state index contributed by atoms with van der Waals surface area (Å²) in [6, 6.07) is 12.9. The molecule has 0 aliphatic heterocycles. The quantitative estimate of drug-likeness (QED) is 0.649. The number of benzene rings is 2. The number of amides is 1. The van der Waals surface area contributed by atoms with Crippen LogP contribution in [-0.4, -0.2) is 26.0 Å². The maximum Gasteiger partial charge on any atom is 0.229 e. The van der Waals surface area contributed by atoms with Gasteiger partial charge in [-0.1, -0.05) is 24.4 Å². The first-order valence-corrected chi connectivity index (χ1v) is 9.62. The predicted molar refractivity (Wildman–Crippen MR) is 110 cm³/mol. The standard InChI is InChI=1S/C19H18ClN5OS/c20-13-5-8-15(9-6-13)25-23-16-10-7-14(11-17(16)24-25)21-19(27)22-18(26)12-3-1-2-4-12/h5-12H,1-4H2,(H2,21,22,26,27). The molecule has 1 saturated carbocycles. The Morgan fingerprint density at radius 3 is 2.52 bits per heavy atom. The maximum absolute atomic E-state index is 12.2. The lowest BCUT2D eigenvalue weighted by molar-refractivity contribution is -0.123. The van der Waals surface area contributed by atoms with E-state index < -0.39 is 0 Å². The van der Waals surface area contributed by atoms with Gasteiger partial charge in [0.05, 0.1) is 5.69 Å². The summed E-state index contributed by atoms with van der Waals surface area (Å²) in [5, 5.41) is 15.8. The molecule has 1 aromatic heterocycles. The lowest BCUT2D eigenvalue weighted by Gasteiger charge is -2.12. The molecule has 1 fully saturated rings. The van der Waals surface area contributed by atoms with Crippen molar-refractivity contribution in [3.8, 4) is 5.69 Å². The number of hydrogen-bond donors (Lipinski definition) is 2. The number of rotatable bonds is 3. The largest absolute Gasteiger partial charge is 0.332 e. The van der Waals surface area contributed by atoms with Gasteiger partial charge in [-0.15, -0.1) is 10.2 Å². The number of carbonyl (C=O) groups excluding carboxylic acids is 1. The fourth-order valence-electron chi connectivity index (χ4n) is 3.25. The average Bonchev–Trinajstić information content (AvgIpc) is 3.31. The summed E-state index contributed by atoms with van der Waals surface area (Å²) in [7, 11) is 0. The smallest absolute Gasteiger partial charge is 0.229 e. The molecule has 0 saturated heterocycles. The van der Waals surface area contributed by atoms with E-state index in [2.05, 4.69) is 20.8 Å². The van der Waals surface area contributed by atoms with E-state index >= 15 is 0 Å². The molecule has 6 nitrogen and oxygen atoms in total. The van der Waals surface area contributed by atoms with Crippen molar-refractivity contribution in [2.24, 2.45) is 5.92 Å². The van der Waals surface area contributed by atoms with Crippen LogP contribution >= 0.6 is 23.8 Å². The lowest BCUT2D eigenvalue weighted by Crippen LogP contribution is -2.37. The molecule has 0 atom stereocenters. The van der Waals surface area contributed by atoms with Crippen LogP contribution in [0.25, 0.3) is 16.7 Å². The summed E-state index contributed by atoms with van der Waals surface area (Å²) in [5.74, 6) is 0.0752. The Labute approximate surface area is 166 Å². The average molecular weight is 400 g/mol. The van der Waals surface area contributed by atoms with Crippen molar-refractivity contribution in [1.82, 2.24) is 20.3 Å². The Balaban J connectivity index is 1.47. The van der Waals surface area contributed by atoms with Crippen molar-refractivity contribution >= 4 is 51.6 Å². The highest BCUT2D eigenvalue weighted by Crippen LogP contribution is 2.24. The van der Waals surface area contributed by atoms with Crippen LogP contribution in [-0.2, 0) is 4.79 Å². The van der Waals surface area contributed by atoms with Gasteiger partial charge in [0.25, 0.3) is 0 Å². The van der Waals surface area contributed by atoms with E-state index in [1.165, 1.54) is 0 Å². The third kappa shape index (κ3) is 4.09. The van der Waals surface area contributed by atoms with Gasteiger partial charge in [0.1, 0.15) is 11.0 Å². The zero-order valence-electron chi connectivity index (χ0n) is 14.5. The number of aromatic nitrogens is 3. The van der Waals surface area contributed by atoms with Crippen molar-refractivity contribution in [2.75, 3.05) is 5.32 Å². The molecule has 27 heavy (non-hydrogen) atoms. The summed E-state index contributed by atoms with van der Waals surface area (Å²) in [4.78, 5) is 13.7. The molecule has 1 heterocycles. The summed E-state index contributed by atoms with van der Waals surface area (Å²) in [5.41, 5.74) is 3.06. The first-order chi connectivity index (χ1) is 13.1. The van der Waals surface area contributed by atoms with E-state index in [1.807, 2.05) is 30.3 Å². The Morgan fingerprint density at radius 1 is 1.07 bits per heavy atom. The highest BCUT2D eigenvalue weighted by molar-refractivity contribution is 7.80. The minimum atomic E-state index is -0.000221. The minimum absolute atomic E-state index is 0.000221. The third-order valence-electron chi connectivity index (χ3n) is 4.66. The van der Waals surface area contributed by atoms with Crippen LogP contribution in [0.15, 0.2) is 42.5 Å². The van der Waals surface area contributed by atoms with Gasteiger partial charge in [0.15, 0.2) is 5.11 Å². The molecular formula is C19H18ClN5OS. The van der Waals surface area contributed by atoms with Gasteiger partial charge in [-0.25, -0.2) is 0 Å². The molecule has 8 heteroatoms. The molecule has 0 unspecified atom stereocenters. The monoisotopic (exact) mass is 399 g/mol. The van der Waals surface area contributed by atoms with Crippen LogP contribution in [0.2, 0.25) is 5.02 Å². The van der Waals surface area contributed by atoms with Crippen molar-refractivity contribution < 1.29 is 4.79 Å². The Bertz CT molecular complexity index is 995. The highest BCUT2D eigenvalue weighted by atomic mass is 35.5. The van der Waals surface area contributed by atoms with Crippen molar-refractivity contribution in [1.29, 1.82) is 0 Å². The highest BCUT2D eigenvalue weighted by Gasteiger charge is 2.23. The van der Waals surface area contributed by atoms with Gasteiger partial charge < -0.3 is 10.6 Å². The number of hydrogen-bond acceptors (Lipinski definition) is 4. The predicted octanol–water partition coefficient (Wildman–Crippen LogP) is 4.08. The van der Waals surface area contributed by atoms with Crippen molar-refractivity contribution in [3.05, 3.63) is 47.5 Å². The first kappa shape index (κ1) is 17.9. The number of nitrogens with zero attached hydrogens (tertiary/aromatic N) is 3. The van der Waals surface area contributed by atoms with E-state index in [-0.39, 0.29) is 11.8 Å². The molecule has 2 aromatic carbocycles. The molecule has 1 amide bonds. The molecule has 3 aromatic rings. The Hall–Kier alpha value is -2.51. The molecule has 1 aliphatic carbocycles. The fourth-order valence-corrected chi connectivity index (χ4v) is 3.59. The fraction of sp³-hybridized carbons (Fsp3) is 0.263. The van der Waals surface area contributed by atoms with Gasteiger partial charge in [-0.3, -0.25) is 4.79 Å². The van der Waals surface area contributed by atoms with Crippen molar-refractivity contribution in [3.63, 3.8) is 0 Å².